The second-order valence-electron chi connectivity index (χ2n) is 4.71. The third kappa shape index (κ3) is 2.00. The highest BCUT2D eigenvalue weighted by Crippen LogP contribution is 2.35. The van der Waals surface area contributed by atoms with Crippen LogP contribution in [-0.2, 0) is 0 Å². The fourth-order valence-electron chi connectivity index (χ4n) is 2.72. The Morgan fingerprint density at radius 2 is 2.18 bits per heavy atom. The molecule has 90 valence electrons. The van der Waals surface area contributed by atoms with Gasteiger partial charge in [0, 0.05) is 29.5 Å². The lowest BCUT2D eigenvalue weighted by atomic mass is 9.83. The summed E-state index contributed by atoms with van der Waals surface area (Å²) in [5.74, 6) is 0.439. The van der Waals surface area contributed by atoms with Crippen LogP contribution in [0, 0.1) is 5.92 Å². The maximum absolute atomic E-state index is 10.3. The molecule has 4 heteroatoms. The van der Waals surface area contributed by atoms with E-state index in [0.717, 1.165) is 41.8 Å². The number of pyridine rings is 1. The highest BCUT2D eigenvalue weighted by Gasteiger charge is 2.36. The van der Waals surface area contributed by atoms with Crippen molar-refractivity contribution in [2.24, 2.45) is 5.92 Å². The summed E-state index contributed by atoms with van der Waals surface area (Å²) in [5, 5.41) is 10.3. The van der Waals surface area contributed by atoms with Crippen molar-refractivity contribution in [3.8, 4) is 0 Å². The van der Waals surface area contributed by atoms with E-state index in [9.17, 15) is 5.11 Å². The Bertz CT molecular complexity index is 448. The lowest BCUT2D eigenvalue weighted by Gasteiger charge is -2.45. The number of rotatable bonds is 1. The SMILES string of the molecule is OC1C(=Cc2ncccc2Br)N2CCC1CC2. The van der Waals surface area contributed by atoms with E-state index < -0.39 is 0 Å². The molecule has 3 fully saturated rings. The van der Waals surface area contributed by atoms with Crippen molar-refractivity contribution in [2.45, 2.75) is 18.9 Å². The zero-order valence-electron chi connectivity index (χ0n) is 9.51. The normalized spacial score (nSPS) is 30.0. The van der Waals surface area contributed by atoms with E-state index in [1.807, 2.05) is 18.2 Å². The average Bonchev–Trinajstić information content (AvgIpc) is 2.36. The van der Waals surface area contributed by atoms with Gasteiger partial charge >= 0.3 is 0 Å². The molecule has 3 nitrogen and oxygen atoms in total. The van der Waals surface area contributed by atoms with Crippen LogP contribution in [0.2, 0.25) is 0 Å². The first kappa shape index (κ1) is 11.2. The summed E-state index contributed by atoms with van der Waals surface area (Å²) in [4.78, 5) is 6.61. The predicted molar refractivity (Wildman–Crippen MR) is 70.2 cm³/mol. The van der Waals surface area contributed by atoms with Crippen LogP contribution in [0.1, 0.15) is 18.5 Å². The van der Waals surface area contributed by atoms with Crippen molar-refractivity contribution in [3.05, 3.63) is 34.2 Å². The van der Waals surface area contributed by atoms with Crippen LogP contribution in [0.15, 0.2) is 28.5 Å². The summed E-state index contributed by atoms with van der Waals surface area (Å²) in [5.41, 5.74) is 1.93. The summed E-state index contributed by atoms with van der Waals surface area (Å²) >= 11 is 3.49. The van der Waals surface area contributed by atoms with Gasteiger partial charge in [0.15, 0.2) is 0 Å². The molecule has 4 rings (SSSR count). The fourth-order valence-corrected chi connectivity index (χ4v) is 3.09. The number of aliphatic hydroxyl groups is 1. The Morgan fingerprint density at radius 1 is 1.41 bits per heavy atom. The number of aromatic nitrogens is 1. The molecule has 1 aromatic rings. The molecule has 0 aromatic carbocycles. The Labute approximate surface area is 109 Å². The first-order valence-corrected chi connectivity index (χ1v) is 6.80. The van der Waals surface area contributed by atoms with Crippen LogP contribution >= 0.6 is 15.9 Å². The summed E-state index contributed by atoms with van der Waals surface area (Å²) in [6.07, 6.45) is 5.70. The topological polar surface area (TPSA) is 36.4 Å². The highest BCUT2D eigenvalue weighted by atomic mass is 79.9. The second-order valence-corrected chi connectivity index (χ2v) is 5.56. The van der Waals surface area contributed by atoms with Gasteiger partial charge in [0.05, 0.1) is 11.8 Å². The molecule has 3 aliphatic rings. The molecule has 3 aliphatic heterocycles. The van der Waals surface area contributed by atoms with E-state index in [4.69, 9.17) is 0 Å². The molecule has 1 atom stereocenters. The van der Waals surface area contributed by atoms with Gasteiger partial charge < -0.3 is 10.0 Å². The van der Waals surface area contributed by atoms with Gasteiger partial charge in [0.25, 0.3) is 0 Å². The van der Waals surface area contributed by atoms with Crippen LogP contribution in [-0.4, -0.2) is 34.2 Å². The number of aliphatic hydroxyl groups excluding tert-OH is 1. The zero-order chi connectivity index (χ0) is 11.8. The van der Waals surface area contributed by atoms with Crippen molar-refractivity contribution in [1.82, 2.24) is 9.88 Å². The third-order valence-corrected chi connectivity index (χ3v) is 4.40. The highest BCUT2D eigenvalue weighted by molar-refractivity contribution is 9.10. The molecule has 4 heterocycles. The molecule has 1 N–H and O–H groups in total. The van der Waals surface area contributed by atoms with Crippen molar-refractivity contribution in [1.29, 1.82) is 0 Å². The number of nitrogens with zero attached hydrogens (tertiary/aromatic N) is 2. The number of hydrogen-bond donors (Lipinski definition) is 1. The van der Waals surface area contributed by atoms with Crippen molar-refractivity contribution < 1.29 is 5.11 Å². The van der Waals surface area contributed by atoms with Crippen LogP contribution in [0.3, 0.4) is 0 Å². The molecule has 3 saturated heterocycles. The molecule has 1 unspecified atom stereocenters. The van der Waals surface area contributed by atoms with E-state index in [1.165, 1.54) is 0 Å². The minimum Gasteiger partial charge on any atom is -0.387 e. The smallest absolute Gasteiger partial charge is 0.0966 e. The van der Waals surface area contributed by atoms with Crippen molar-refractivity contribution >= 4 is 22.0 Å². The Hall–Kier alpha value is -0.870. The summed E-state index contributed by atoms with van der Waals surface area (Å²) in [6, 6.07) is 3.87. The molecule has 2 bridgehead atoms. The van der Waals surface area contributed by atoms with Gasteiger partial charge in [-0.15, -0.1) is 0 Å². The van der Waals surface area contributed by atoms with Crippen LogP contribution in [0.25, 0.3) is 6.08 Å². The minimum atomic E-state index is -0.314. The van der Waals surface area contributed by atoms with Crippen LogP contribution in [0.5, 0.6) is 0 Å². The first-order chi connectivity index (χ1) is 8.25. The van der Waals surface area contributed by atoms with E-state index >= 15 is 0 Å². The largest absolute Gasteiger partial charge is 0.387 e. The number of piperidine rings is 3. The number of halogens is 1. The van der Waals surface area contributed by atoms with Gasteiger partial charge in [-0.05, 0) is 52.9 Å². The predicted octanol–water partition coefficient (Wildman–Crippen LogP) is 2.27. The fraction of sp³-hybridized carbons (Fsp3) is 0.462. The van der Waals surface area contributed by atoms with Gasteiger partial charge in [-0.1, -0.05) is 0 Å². The lowest BCUT2D eigenvalue weighted by molar-refractivity contribution is 0.0214. The minimum absolute atomic E-state index is 0.314. The number of hydrogen-bond acceptors (Lipinski definition) is 3. The molecule has 0 spiro atoms. The maximum Gasteiger partial charge on any atom is 0.0966 e. The molecular weight excluding hydrogens is 280 g/mol. The molecule has 0 aliphatic carbocycles. The maximum atomic E-state index is 10.3. The van der Waals surface area contributed by atoms with Crippen molar-refractivity contribution in [2.75, 3.05) is 13.1 Å². The van der Waals surface area contributed by atoms with E-state index in [1.54, 1.807) is 6.20 Å². The number of fused-ring (bicyclic) bond motifs is 3. The van der Waals surface area contributed by atoms with Gasteiger partial charge in [-0.3, -0.25) is 4.98 Å². The molecule has 0 amide bonds. The monoisotopic (exact) mass is 294 g/mol. The van der Waals surface area contributed by atoms with Gasteiger partial charge in [0.2, 0.25) is 0 Å². The first-order valence-electron chi connectivity index (χ1n) is 6.01. The quantitative estimate of drug-likeness (QED) is 0.863. The van der Waals surface area contributed by atoms with E-state index in [0.29, 0.717) is 5.92 Å². The van der Waals surface area contributed by atoms with E-state index in [-0.39, 0.29) is 6.10 Å². The zero-order valence-corrected chi connectivity index (χ0v) is 11.1. The molecule has 0 saturated carbocycles. The average molecular weight is 295 g/mol. The van der Waals surface area contributed by atoms with Crippen molar-refractivity contribution in [3.63, 3.8) is 0 Å². The molecule has 0 radical (unpaired) electrons. The molecule has 1 aromatic heterocycles. The van der Waals surface area contributed by atoms with Crippen LogP contribution in [0.4, 0.5) is 0 Å². The van der Waals surface area contributed by atoms with Gasteiger partial charge in [0.1, 0.15) is 0 Å². The lowest BCUT2D eigenvalue weighted by Crippen LogP contribution is -2.48. The van der Waals surface area contributed by atoms with Gasteiger partial charge in [-0.25, -0.2) is 0 Å². The van der Waals surface area contributed by atoms with Gasteiger partial charge in [-0.2, -0.15) is 0 Å². The molecule has 17 heavy (non-hydrogen) atoms. The van der Waals surface area contributed by atoms with Crippen LogP contribution < -0.4 is 0 Å². The molecular formula is C13H15BrN2O. The second kappa shape index (κ2) is 4.42. The Morgan fingerprint density at radius 3 is 2.82 bits per heavy atom. The Balaban J connectivity index is 1.96. The summed E-state index contributed by atoms with van der Waals surface area (Å²) in [6.45, 7) is 2.13. The third-order valence-electron chi connectivity index (χ3n) is 3.73. The summed E-state index contributed by atoms with van der Waals surface area (Å²) in [7, 11) is 0. The van der Waals surface area contributed by atoms with E-state index in [2.05, 4.69) is 25.8 Å². The summed E-state index contributed by atoms with van der Waals surface area (Å²) < 4.78 is 0.974. The standard InChI is InChI=1S/C13H15BrN2O/c14-10-2-1-5-15-11(10)8-12-13(17)9-3-6-16(12)7-4-9/h1-2,5,8-9,13,17H,3-4,6-7H2. The Kier molecular flexibility index (Phi) is 2.92.